The molecule has 0 atom stereocenters. The highest BCUT2D eigenvalue weighted by Gasteiger charge is 2.24. The molecule has 0 unspecified atom stereocenters. The van der Waals surface area contributed by atoms with E-state index in [0.29, 0.717) is 22.8 Å². The molecule has 0 radical (unpaired) electrons. The molecule has 2 aromatic heterocycles. The third kappa shape index (κ3) is 3.79. The average molecular weight is 424 g/mol. The molecule has 30 heavy (non-hydrogen) atoms. The Bertz CT molecular complexity index is 1180. The van der Waals surface area contributed by atoms with E-state index in [4.69, 9.17) is 13.9 Å². The number of ether oxygens (including phenoxy) is 2. The molecule has 0 aliphatic carbocycles. The number of hydrogen-bond donors (Lipinski definition) is 0. The SMILES string of the molecule is CCN(C(=O)COC(=O)c1oc2ccccc2c1COC)c1nc2ccccc2s1. The smallest absolute Gasteiger partial charge is 0.375 e. The summed E-state index contributed by atoms with van der Waals surface area (Å²) in [5, 5.41) is 1.35. The van der Waals surface area contributed by atoms with Crippen LogP contribution in [-0.2, 0) is 20.9 Å². The molecule has 0 aliphatic rings. The van der Waals surface area contributed by atoms with E-state index in [1.807, 2.05) is 49.4 Å². The van der Waals surface area contributed by atoms with Crippen molar-refractivity contribution in [2.45, 2.75) is 13.5 Å². The van der Waals surface area contributed by atoms with Crippen molar-refractivity contribution in [3.05, 3.63) is 59.9 Å². The van der Waals surface area contributed by atoms with Crippen LogP contribution in [-0.4, -0.2) is 37.1 Å². The molecule has 1 amide bonds. The summed E-state index contributed by atoms with van der Waals surface area (Å²) in [6, 6.07) is 15.0. The maximum atomic E-state index is 12.7. The summed E-state index contributed by atoms with van der Waals surface area (Å²) in [5.74, 6) is -1.00. The number of carbonyl (C=O) groups is 2. The average Bonchev–Trinajstić information content (AvgIpc) is 3.34. The first-order valence-corrected chi connectivity index (χ1v) is 10.3. The van der Waals surface area contributed by atoms with Gasteiger partial charge in [-0.25, -0.2) is 9.78 Å². The molecule has 0 N–H and O–H groups in total. The van der Waals surface area contributed by atoms with Crippen molar-refractivity contribution in [1.82, 2.24) is 4.98 Å². The number of furan rings is 1. The van der Waals surface area contributed by atoms with Crippen molar-refractivity contribution >= 4 is 49.5 Å². The lowest BCUT2D eigenvalue weighted by molar-refractivity contribution is -0.121. The maximum absolute atomic E-state index is 12.7. The third-order valence-corrected chi connectivity index (χ3v) is 5.69. The number of benzene rings is 2. The minimum atomic E-state index is -0.702. The Balaban J connectivity index is 1.51. The first-order valence-electron chi connectivity index (χ1n) is 9.44. The Morgan fingerprint density at radius 1 is 1.13 bits per heavy atom. The maximum Gasteiger partial charge on any atom is 0.375 e. The fourth-order valence-corrected chi connectivity index (χ4v) is 4.26. The molecular formula is C22H20N2O5S. The van der Waals surface area contributed by atoms with Gasteiger partial charge in [0, 0.05) is 24.6 Å². The third-order valence-electron chi connectivity index (χ3n) is 4.63. The Kier molecular flexibility index (Phi) is 5.78. The van der Waals surface area contributed by atoms with Gasteiger partial charge in [-0.05, 0) is 25.1 Å². The zero-order valence-electron chi connectivity index (χ0n) is 16.6. The minimum absolute atomic E-state index is 0.0499. The van der Waals surface area contributed by atoms with Gasteiger partial charge < -0.3 is 13.9 Å². The van der Waals surface area contributed by atoms with E-state index in [1.54, 1.807) is 6.07 Å². The fourth-order valence-electron chi connectivity index (χ4n) is 3.22. The summed E-state index contributed by atoms with van der Waals surface area (Å²) in [7, 11) is 1.54. The van der Waals surface area contributed by atoms with Crippen molar-refractivity contribution in [2.75, 3.05) is 25.2 Å². The van der Waals surface area contributed by atoms with Gasteiger partial charge in [0.25, 0.3) is 5.91 Å². The van der Waals surface area contributed by atoms with Crippen LogP contribution >= 0.6 is 11.3 Å². The number of carbonyl (C=O) groups excluding carboxylic acids is 2. The molecule has 0 saturated heterocycles. The number of para-hydroxylation sites is 2. The van der Waals surface area contributed by atoms with Gasteiger partial charge in [0.2, 0.25) is 5.76 Å². The van der Waals surface area contributed by atoms with Crippen LogP contribution in [0.25, 0.3) is 21.2 Å². The molecule has 0 spiro atoms. The molecule has 2 aromatic carbocycles. The molecule has 154 valence electrons. The van der Waals surface area contributed by atoms with Crippen LogP contribution in [0.15, 0.2) is 52.9 Å². The van der Waals surface area contributed by atoms with Gasteiger partial charge in [0.15, 0.2) is 11.7 Å². The van der Waals surface area contributed by atoms with Gasteiger partial charge in [-0.2, -0.15) is 0 Å². The van der Waals surface area contributed by atoms with Crippen LogP contribution in [0.1, 0.15) is 23.0 Å². The number of esters is 1. The summed E-state index contributed by atoms with van der Waals surface area (Å²) in [6.45, 7) is 2.05. The Morgan fingerprint density at radius 2 is 1.90 bits per heavy atom. The summed E-state index contributed by atoms with van der Waals surface area (Å²) < 4.78 is 17.1. The highest BCUT2D eigenvalue weighted by atomic mass is 32.1. The second-order valence-electron chi connectivity index (χ2n) is 6.52. The summed E-state index contributed by atoms with van der Waals surface area (Å²) in [4.78, 5) is 31.4. The molecule has 2 heterocycles. The number of aromatic nitrogens is 1. The van der Waals surface area contributed by atoms with Crippen molar-refractivity contribution in [2.24, 2.45) is 0 Å². The second kappa shape index (κ2) is 8.64. The number of anilines is 1. The van der Waals surface area contributed by atoms with Gasteiger partial charge >= 0.3 is 5.97 Å². The van der Waals surface area contributed by atoms with E-state index in [9.17, 15) is 9.59 Å². The number of rotatable bonds is 7. The number of thiazole rings is 1. The fraction of sp³-hybridized carbons (Fsp3) is 0.227. The molecule has 4 rings (SSSR count). The van der Waals surface area contributed by atoms with Crippen LogP contribution < -0.4 is 4.90 Å². The van der Waals surface area contributed by atoms with E-state index in [1.165, 1.54) is 23.3 Å². The standard InChI is InChI=1S/C22H20N2O5S/c1-3-24(22-23-16-9-5-7-11-18(16)30-22)19(25)13-28-21(26)20-15(12-27-2)14-8-4-6-10-17(14)29-20/h4-11H,3,12-13H2,1-2H3. The number of hydrogen-bond acceptors (Lipinski definition) is 7. The van der Waals surface area contributed by atoms with E-state index >= 15 is 0 Å². The summed E-state index contributed by atoms with van der Waals surface area (Å²) in [5.41, 5.74) is 1.99. The Hall–Kier alpha value is -3.23. The monoisotopic (exact) mass is 424 g/mol. The quantitative estimate of drug-likeness (QED) is 0.409. The van der Waals surface area contributed by atoms with Crippen molar-refractivity contribution in [1.29, 1.82) is 0 Å². The lowest BCUT2D eigenvalue weighted by Gasteiger charge is -2.17. The summed E-state index contributed by atoms with van der Waals surface area (Å²) in [6.07, 6.45) is 0. The van der Waals surface area contributed by atoms with Gasteiger partial charge in [-0.3, -0.25) is 9.69 Å². The number of fused-ring (bicyclic) bond motifs is 2. The molecule has 0 bridgehead atoms. The number of amides is 1. The van der Waals surface area contributed by atoms with Gasteiger partial charge in [-0.1, -0.05) is 41.7 Å². The normalized spacial score (nSPS) is 11.1. The first-order chi connectivity index (χ1) is 14.6. The van der Waals surface area contributed by atoms with Crippen molar-refractivity contribution in [3.63, 3.8) is 0 Å². The lowest BCUT2D eigenvalue weighted by atomic mass is 10.1. The molecule has 7 nitrogen and oxygen atoms in total. The molecule has 0 fully saturated rings. The number of nitrogens with zero attached hydrogens (tertiary/aromatic N) is 2. The lowest BCUT2D eigenvalue weighted by Crippen LogP contribution is -2.34. The largest absolute Gasteiger partial charge is 0.450 e. The van der Waals surface area contributed by atoms with Crippen LogP contribution in [0.2, 0.25) is 0 Å². The second-order valence-corrected chi connectivity index (χ2v) is 7.53. The van der Waals surface area contributed by atoms with E-state index in [2.05, 4.69) is 4.98 Å². The topological polar surface area (TPSA) is 81.9 Å². The van der Waals surface area contributed by atoms with E-state index < -0.39 is 12.6 Å². The van der Waals surface area contributed by atoms with Crippen LogP contribution in [0.5, 0.6) is 0 Å². The summed E-state index contributed by atoms with van der Waals surface area (Å²) >= 11 is 1.42. The highest BCUT2D eigenvalue weighted by molar-refractivity contribution is 7.22. The van der Waals surface area contributed by atoms with Gasteiger partial charge in [-0.15, -0.1) is 0 Å². The number of likely N-dealkylation sites (N-methyl/N-ethyl adjacent to an activating group) is 1. The first kappa shape index (κ1) is 20.1. The highest BCUT2D eigenvalue weighted by Crippen LogP contribution is 2.29. The van der Waals surface area contributed by atoms with E-state index in [0.717, 1.165) is 15.6 Å². The van der Waals surface area contributed by atoms with Crippen LogP contribution in [0.3, 0.4) is 0 Å². The van der Waals surface area contributed by atoms with Crippen molar-refractivity contribution in [3.8, 4) is 0 Å². The Labute approximate surface area is 176 Å². The molecule has 8 heteroatoms. The van der Waals surface area contributed by atoms with Crippen LogP contribution in [0.4, 0.5) is 5.13 Å². The molecule has 0 saturated carbocycles. The zero-order valence-corrected chi connectivity index (χ0v) is 17.4. The van der Waals surface area contributed by atoms with Crippen molar-refractivity contribution < 1.29 is 23.5 Å². The van der Waals surface area contributed by atoms with Gasteiger partial charge in [0.05, 0.1) is 16.8 Å². The molecular weight excluding hydrogens is 404 g/mol. The van der Waals surface area contributed by atoms with Crippen LogP contribution in [0, 0.1) is 0 Å². The van der Waals surface area contributed by atoms with E-state index in [-0.39, 0.29) is 18.3 Å². The molecule has 0 aliphatic heterocycles. The minimum Gasteiger partial charge on any atom is -0.450 e. The molecule has 4 aromatic rings. The zero-order chi connectivity index (χ0) is 21.1. The predicted molar refractivity (Wildman–Crippen MR) is 115 cm³/mol. The predicted octanol–water partition coefficient (Wildman–Crippen LogP) is 4.40. The number of methoxy groups -OCH3 is 1. The van der Waals surface area contributed by atoms with Gasteiger partial charge in [0.1, 0.15) is 5.58 Å². The Morgan fingerprint density at radius 3 is 2.67 bits per heavy atom.